The Morgan fingerprint density at radius 2 is 1.80 bits per heavy atom. The molecule has 0 N–H and O–H groups in total. The molecule has 0 atom stereocenters. The van der Waals surface area contributed by atoms with Gasteiger partial charge < -0.3 is 9.47 Å². The van der Waals surface area contributed by atoms with Crippen molar-refractivity contribution < 1.29 is 9.47 Å². The van der Waals surface area contributed by atoms with Crippen LogP contribution in [0.15, 0.2) is 59.7 Å². The Balaban J connectivity index is 1.71. The lowest BCUT2D eigenvalue weighted by atomic mass is 10.1. The molecule has 0 unspecified atom stereocenters. The van der Waals surface area contributed by atoms with Gasteiger partial charge in [0.1, 0.15) is 29.0 Å². The van der Waals surface area contributed by atoms with Crippen LogP contribution in [0, 0.1) is 13.8 Å². The fraction of sp³-hybridized carbons (Fsp3) is 0.259. The third kappa shape index (κ3) is 5.05. The van der Waals surface area contributed by atoms with Gasteiger partial charge in [0.25, 0.3) is 5.56 Å². The van der Waals surface area contributed by atoms with Gasteiger partial charge in [-0.15, -0.1) is 0 Å². The lowest BCUT2D eigenvalue weighted by Crippen LogP contribution is -2.23. The molecule has 1 aromatic carbocycles. The summed E-state index contributed by atoms with van der Waals surface area (Å²) in [6, 6.07) is 13.0. The van der Waals surface area contributed by atoms with E-state index >= 15 is 0 Å². The van der Waals surface area contributed by atoms with E-state index in [-0.39, 0.29) is 23.1 Å². The summed E-state index contributed by atoms with van der Waals surface area (Å²) in [4.78, 5) is 26.8. The second-order valence-corrected chi connectivity index (χ2v) is 8.87. The maximum absolute atomic E-state index is 13.4. The summed E-state index contributed by atoms with van der Waals surface area (Å²) in [7, 11) is 1.61. The molecule has 0 aliphatic rings. The minimum Gasteiger partial charge on any atom is -0.497 e. The minimum atomic E-state index is -0.363. The largest absolute Gasteiger partial charge is 0.497 e. The van der Waals surface area contributed by atoms with E-state index in [0.29, 0.717) is 22.8 Å². The summed E-state index contributed by atoms with van der Waals surface area (Å²) >= 11 is 6.54. The maximum Gasteiger partial charge on any atom is 0.277 e. The normalized spacial score (nSPS) is 11.1. The second-order valence-electron chi connectivity index (χ2n) is 8.49. The predicted octanol–water partition coefficient (Wildman–Crippen LogP) is 5.67. The average molecular weight is 491 g/mol. The third-order valence-electron chi connectivity index (χ3n) is 5.78. The van der Waals surface area contributed by atoms with Crippen LogP contribution in [-0.2, 0) is 6.61 Å². The smallest absolute Gasteiger partial charge is 0.277 e. The first-order valence-electron chi connectivity index (χ1n) is 11.3. The molecule has 3 aromatic heterocycles. The molecule has 180 valence electrons. The SMILES string of the molecule is COc1cccc(COc2c(C)c(C)n(-c3ccnc(-c4ccnc(C(C)C)n4)c3)c(=O)c2Cl)c1. The number of methoxy groups -OCH3 is 1. The van der Waals surface area contributed by atoms with Crippen molar-refractivity contribution in [2.24, 2.45) is 0 Å². The number of hydrogen-bond donors (Lipinski definition) is 0. The van der Waals surface area contributed by atoms with Gasteiger partial charge in [-0.05, 0) is 49.7 Å². The van der Waals surface area contributed by atoms with Crippen molar-refractivity contribution in [3.63, 3.8) is 0 Å². The van der Waals surface area contributed by atoms with Gasteiger partial charge >= 0.3 is 0 Å². The van der Waals surface area contributed by atoms with Crippen molar-refractivity contribution in [2.45, 2.75) is 40.2 Å². The van der Waals surface area contributed by atoms with Crippen LogP contribution in [0.5, 0.6) is 11.5 Å². The molecule has 3 heterocycles. The number of aromatic nitrogens is 4. The van der Waals surface area contributed by atoms with Gasteiger partial charge in [0.15, 0.2) is 0 Å². The molecule has 0 radical (unpaired) electrons. The van der Waals surface area contributed by atoms with E-state index in [9.17, 15) is 4.79 Å². The number of nitrogens with zero attached hydrogens (tertiary/aromatic N) is 4. The van der Waals surface area contributed by atoms with Crippen molar-refractivity contribution in [1.82, 2.24) is 19.5 Å². The molecule has 4 aromatic rings. The van der Waals surface area contributed by atoms with E-state index in [0.717, 1.165) is 28.4 Å². The molecule has 0 bridgehead atoms. The van der Waals surface area contributed by atoms with Crippen molar-refractivity contribution >= 4 is 11.6 Å². The maximum atomic E-state index is 13.4. The summed E-state index contributed by atoms with van der Waals surface area (Å²) in [5.41, 5.74) is 4.03. The van der Waals surface area contributed by atoms with E-state index in [1.54, 1.807) is 36.2 Å². The molecule has 0 saturated carbocycles. The number of hydrogen-bond acceptors (Lipinski definition) is 6. The summed E-state index contributed by atoms with van der Waals surface area (Å²) < 4.78 is 12.8. The quantitative estimate of drug-likeness (QED) is 0.332. The molecule has 0 aliphatic carbocycles. The average Bonchev–Trinajstić information content (AvgIpc) is 2.88. The van der Waals surface area contributed by atoms with Crippen LogP contribution in [-0.4, -0.2) is 26.6 Å². The molecule has 8 heteroatoms. The molecular weight excluding hydrogens is 464 g/mol. The van der Waals surface area contributed by atoms with Crippen LogP contribution in [0.1, 0.15) is 42.4 Å². The first-order valence-corrected chi connectivity index (χ1v) is 11.6. The van der Waals surface area contributed by atoms with Crippen LogP contribution in [0.4, 0.5) is 0 Å². The topological polar surface area (TPSA) is 79.1 Å². The van der Waals surface area contributed by atoms with E-state index < -0.39 is 0 Å². The predicted molar refractivity (Wildman–Crippen MR) is 137 cm³/mol. The highest BCUT2D eigenvalue weighted by Crippen LogP contribution is 2.30. The third-order valence-corrected chi connectivity index (χ3v) is 6.11. The molecular formula is C27H27ClN4O3. The van der Waals surface area contributed by atoms with Crippen molar-refractivity contribution in [2.75, 3.05) is 7.11 Å². The van der Waals surface area contributed by atoms with E-state index in [2.05, 4.69) is 15.0 Å². The van der Waals surface area contributed by atoms with Gasteiger partial charge in [-0.25, -0.2) is 9.97 Å². The molecule has 0 fully saturated rings. The zero-order valence-corrected chi connectivity index (χ0v) is 21.1. The van der Waals surface area contributed by atoms with Crippen LogP contribution in [0.25, 0.3) is 17.1 Å². The Bertz CT molecular complexity index is 1430. The summed E-state index contributed by atoms with van der Waals surface area (Å²) in [5.74, 6) is 2.03. The number of ether oxygens (including phenoxy) is 2. The molecule has 4 rings (SSSR count). The Labute approximate surface area is 209 Å². The van der Waals surface area contributed by atoms with Crippen molar-refractivity contribution in [3.05, 3.63) is 92.9 Å². The molecule has 7 nitrogen and oxygen atoms in total. The Morgan fingerprint density at radius 1 is 1.03 bits per heavy atom. The fourth-order valence-corrected chi connectivity index (χ4v) is 4.02. The highest BCUT2D eigenvalue weighted by Gasteiger charge is 2.19. The minimum absolute atomic E-state index is 0.0264. The lowest BCUT2D eigenvalue weighted by molar-refractivity contribution is 0.302. The number of pyridine rings is 2. The molecule has 0 aliphatic heterocycles. The number of benzene rings is 1. The first kappa shape index (κ1) is 24.4. The summed E-state index contributed by atoms with van der Waals surface area (Å²) in [6.07, 6.45) is 3.38. The standard InChI is InChI=1S/C27H27ClN4O3/c1-16(2)26-30-12-10-22(31-26)23-14-20(9-11-29-23)32-18(4)17(3)25(24(28)27(32)33)35-15-19-7-6-8-21(13-19)34-5/h6-14,16H,15H2,1-5H3. The Kier molecular flexibility index (Phi) is 7.17. The van der Waals surface area contributed by atoms with E-state index in [1.165, 1.54) is 0 Å². The van der Waals surface area contributed by atoms with Crippen LogP contribution < -0.4 is 15.0 Å². The van der Waals surface area contributed by atoms with Gasteiger partial charge in [-0.1, -0.05) is 37.6 Å². The van der Waals surface area contributed by atoms with Crippen molar-refractivity contribution in [3.8, 4) is 28.6 Å². The van der Waals surface area contributed by atoms with Gasteiger partial charge in [0, 0.05) is 29.6 Å². The number of halogens is 1. The summed E-state index contributed by atoms with van der Waals surface area (Å²) in [5, 5.41) is 0.0264. The first-order chi connectivity index (χ1) is 16.8. The Morgan fingerprint density at radius 3 is 2.54 bits per heavy atom. The van der Waals surface area contributed by atoms with Gasteiger partial charge in [0.05, 0.1) is 24.2 Å². The Hall–Kier alpha value is -3.71. The summed E-state index contributed by atoms with van der Waals surface area (Å²) in [6.45, 7) is 8.09. The zero-order chi connectivity index (χ0) is 25.1. The molecule has 35 heavy (non-hydrogen) atoms. The van der Waals surface area contributed by atoms with Gasteiger partial charge in [0.2, 0.25) is 0 Å². The fourth-order valence-electron chi connectivity index (χ4n) is 3.74. The molecule has 0 amide bonds. The zero-order valence-electron chi connectivity index (χ0n) is 20.4. The van der Waals surface area contributed by atoms with E-state index in [1.807, 2.05) is 58.0 Å². The highest BCUT2D eigenvalue weighted by atomic mass is 35.5. The van der Waals surface area contributed by atoms with Crippen LogP contribution in [0.3, 0.4) is 0 Å². The van der Waals surface area contributed by atoms with Crippen molar-refractivity contribution in [1.29, 1.82) is 0 Å². The monoisotopic (exact) mass is 490 g/mol. The van der Waals surface area contributed by atoms with Gasteiger partial charge in [-0.2, -0.15) is 0 Å². The highest BCUT2D eigenvalue weighted by molar-refractivity contribution is 6.32. The van der Waals surface area contributed by atoms with Gasteiger partial charge in [-0.3, -0.25) is 14.3 Å². The van der Waals surface area contributed by atoms with E-state index in [4.69, 9.17) is 21.1 Å². The lowest BCUT2D eigenvalue weighted by Gasteiger charge is -2.18. The van der Waals surface area contributed by atoms with Crippen LogP contribution >= 0.6 is 11.6 Å². The van der Waals surface area contributed by atoms with Crippen LogP contribution in [0.2, 0.25) is 5.02 Å². The second kappa shape index (κ2) is 10.3. The molecule has 0 spiro atoms. The molecule has 0 saturated heterocycles. The number of rotatable bonds is 7.